The number of ether oxygens (including phenoxy) is 3. The molecule has 1 fully saturated rings. The standard InChI is InChI=1S/C28H24BrClN2O5S/c1-4-36-27(34)19-6-5-7-21(15-19)31-28-32(2)26(33)24(38-28)14-18-12-22(29)25(23(13-18)35-3)37-16-17-8-10-20(30)11-9-17/h5-15H,4,16H2,1-3H3. The van der Waals surface area contributed by atoms with E-state index in [0.29, 0.717) is 48.9 Å². The molecule has 1 amide bonds. The zero-order valence-corrected chi connectivity index (χ0v) is 24.0. The van der Waals surface area contributed by atoms with E-state index in [0.717, 1.165) is 11.1 Å². The van der Waals surface area contributed by atoms with Crippen LogP contribution in [-0.4, -0.2) is 42.7 Å². The Kier molecular flexibility index (Phi) is 9.14. The van der Waals surface area contributed by atoms with Gasteiger partial charge in [-0.2, -0.15) is 0 Å². The Hall–Kier alpha value is -3.27. The van der Waals surface area contributed by atoms with E-state index < -0.39 is 5.97 Å². The first-order chi connectivity index (χ1) is 18.3. The molecule has 1 aliphatic heterocycles. The molecule has 10 heteroatoms. The smallest absolute Gasteiger partial charge is 0.338 e. The van der Waals surface area contributed by atoms with Crippen molar-refractivity contribution in [2.45, 2.75) is 13.5 Å². The predicted octanol–water partition coefficient (Wildman–Crippen LogP) is 7.10. The van der Waals surface area contributed by atoms with E-state index in [-0.39, 0.29) is 12.5 Å². The van der Waals surface area contributed by atoms with E-state index >= 15 is 0 Å². The largest absolute Gasteiger partial charge is 0.493 e. The second kappa shape index (κ2) is 12.5. The minimum absolute atomic E-state index is 0.187. The number of carbonyl (C=O) groups is 2. The van der Waals surface area contributed by atoms with Gasteiger partial charge in [-0.3, -0.25) is 9.69 Å². The summed E-state index contributed by atoms with van der Waals surface area (Å²) in [5, 5.41) is 1.16. The number of hydrogen-bond acceptors (Lipinski definition) is 7. The minimum atomic E-state index is -0.418. The molecule has 0 unspecified atom stereocenters. The molecule has 0 aliphatic carbocycles. The highest BCUT2D eigenvalue weighted by Crippen LogP contribution is 2.39. The summed E-state index contributed by atoms with van der Waals surface area (Å²) in [5.74, 6) is 0.469. The number of hydrogen-bond donors (Lipinski definition) is 0. The SMILES string of the molecule is CCOC(=O)c1cccc(N=C2SC(=Cc3cc(Br)c(OCc4ccc(Cl)cc4)c(OC)c3)C(=O)N2C)c1. The van der Waals surface area contributed by atoms with E-state index in [4.69, 9.17) is 25.8 Å². The average Bonchev–Trinajstić information content (AvgIpc) is 3.16. The van der Waals surface area contributed by atoms with Gasteiger partial charge in [0.1, 0.15) is 6.61 Å². The van der Waals surface area contributed by atoms with Gasteiger partial charge < -0.3 is 14.2 Å². The van der Waals surface area contributed by atoms with Crippen molar-refractivity contribution in [3.05, 3.63) is 91.8 Å². The number of methoxy groups -OCH3 is 1. The molecule has 3 aromatic carbocycles. The molecular formula is C28H24BrClN2O5S. The first kappa shape index (κ1) is 27.8. The Balaban J connectivity index is 1.55. The average molecular weight is 616 g/mol. The summed E-state index contributed by atoms with van der Waals surface area (Å²) in [6.07, 6.45) is 1.78. The Labute approximate surface area is 238 Å². The van der Waals surface area contributed by atoms with Gasteiger partial charge in [-0.25, -0.2) is 9.79 Å². The molecule has 1 saturated heterocycles. The first-order valence-corrected chi connectivity index (χ1v) is 13.6. The molecule has 0 aromatic heterocycles. The molecule has 0 radical (unpaired) electrons. The summed E-state index contributed by atoms with van der Waals surface area (Å²) in [5.41, 5.74) is 2.66. The molecule has 196 valence electrons. The van der Waals surface area contributed by atoms with E-state index in [1.165, 1.54) is 16.7 Å². The summed E-state index contributed by atoms with van der Waals surface area (Å²) >= 11 is 10.8. The Morgan fingerprint density at radius 1 is 1.16 bits per heavy atom. The molecule has 0 spiro atoms. The van der Waals surface area contributed by atoms with Crippen LogP contribution >= 0.6 is 39.3 Å². The third-order valence-electron chi connectivity index (χ3n) is 5.43. The molecular weight excluding hydrogens is 592 g/mol. The van der Waals surface area contributed by atoms with Crippen LogP contribution in [0.4, 0.5) is 5.69 Å². The third-order valence-corrected chi connectivity index (χ3v) is 7.33. The molecule has 3 aromatic rings. The second-order valence-corrected chi connectivity index (χ2v) is 10.4. The number of amides is 1. The van der Waals surface area contributed by atoms with Gasteiger partial charge in [0.05, 0.1) is 34.3 Å². The fourth-order valence-corrected chi connectivity index (χ4v) is 5.22. The number of thioether (sulfide) groups is 1. The third kappa shape index (κ3) is 6.59. The van der Waals surface area contributed by atoms with Gasteiger partial charge in [0.25, 0.3) is 5.91 Å². The van der Waals surface area contributed by atoms with E-state index in [9.17, 15) is 9.59 Å². The van der Waals surface area contributed by atoms with Crippen LogP contribution in [0, 0.1) is 0 Å². The van der Waals surface area contributed by atoms with Crippen LogP contribution in [0.2, 0.25) is 5.02 Å². The van der Waals surface area contributed by atoms with Crippen LogP contribution in [0.15, 0.2) is 75.0 Å². The zero-order valence-electron chi connectivity index (χ0n) is 20.9. The lowest BCUT2D eigenvalue weighted by Crippen LogP contribution is -2.23. The Morgan fingerprint density at radius 3 is 2.63 bits per heavy atom. The molecule has 1 heterocycles. The number of aliphatic imine (C=N–C) groups is 1. The Morgan fingerprint density at radius 2 is 1.92 bits per heavy atom. The lowest BCUT2D eigenvalue weighted by atomic mass is 10.1. The van der Waals surface area contributed by atoms with Gasteiger partial charge in [-0.1, -0.05) is 29.8 Å². The topological polar surface area (TPSA) is 77.4 Å². The van der Waals surface area contributed by atoms with Crippen molar-refractivity contribution in [1.29, 1.82) is 0 Å². The van der Waals surface area contributed by atoms with Crippen LogP contribution in [0.3, 0.4) is 0 Å². The van der Waals surface area contributed by atoms with Crippen molar-refractivity contribution in [1.82, 2.24) is 4.90 Å². The Bertz CT molecular complexity index is 1430. The number of amidine groups is 1. The number of carbonyl (C=O) groups excluding carboxylic acids is 2. The number of likely N-dealkylation sites (N-methyl/N-ethyl adjacent to an activating group) is 1. The number of nitrogens with zero attached hydrogens (tertiary/aromatic N) is 2. The molecule has 7 nitrogen and oxygen atoms in total. The molecule has 0 bridgehead atoms. The zero-order chi connectivity index (χ0) is 27.2. The maximum Gasteiger partial charge on any atom is 0.338 e. The van der Waals surface area contributed by atoms with E-state index in [1.807, 2.05) is 30.3 Å². The normalized spacial score (nSPS) is 15.3. The quantitative estimate of drug-likeness (QED) is 0.199. The number of rotatable bonds is 8. The van der Waals surface area contributed by atoms with Crippen molar-refractivity contribution < 1.29 is 23.8 Å². The number of benzene rings is 3. The van der Waals surface area contributed by atoms with Crippen molar-refractivity contribution in [3.63, 3.8) is 0 Å². The van der Waals surface area contributed by atoms with Crippen molar-refractivity contribution in [2.75, 3.05) is 20.8 Å². The van der Waals surface area contributed by atoms with Gasteiger partial charge >= 0.3 is 5.97 Å². The van der Waals surface area contributed by atoms with Crippen LogP contribution in [0.1, 0.15) is 28.4 Å². The summed E-state index contributed by atoms with van der Waals surface area (Å²) < 4.78 is 17.3. The van der Waals surface area contributed by atoms with E-state index in [1.54, 1.807) is 57.5 Å². The van der Waals surface area contributed by atoms with Gasteiger partial charge in [0.15, 0.2) is 16.7 Å². The summed E-state index contributed by atoms with van der Waals surface area (Å²) in [6, 6.07) is 17.9. The van der Waals surface area contributed by atoms with Crippen molar-refractivity contribution in [2.24, 2.45) is 4.99 Å². The highest BCUT2D eigenvalue weighted by atomic mass is 79.9. The van der Waals surface area contributed by atoms with Crippen LogP contribution < -0.4 is 9.47 Å². The highest BCUT2D eigenvalue weighted by molar-refractivity contribution is 9.10. The lowest BCUT2D eigenvalue weighted by molar-refractivity contribution is -0.121. The van der Waals surface area contributed by atoms with E-state index in [2.05, 4.69) is 20.9 Å². The fourth-order valence-electron chi connectivity index (χ4n) is 3.53. The fraction of sp³-hybridized carbons (Fsp3) is 0.179. The minimum Gasteiger partial charge on any atom is -0.493 e. The van der Waals surface area contributed by atoms with Gasteiger partial charge in [0, 0.05) is 12.1 Å². The molecule has 0 atom stereocenters. The van der Waals surface area contributed by atoms with Gasteiger partial charge in [-0.15, -0.1) is 0 Å². The number of halogens is 2. The molecule has 0 saturated carbocycles. The molecule has 1 aliphatic rings. The summed E-state index contributed by atoms with van der Waals surface area (Å²) in [6.45, 7) is 2.37. The highest BCUT2D eigenvalue weighted by Gasteiger charge is 2.30. The van der Waals surface area contributed by atoms with Crippen LogP contribution in [-0.2, 0) is 16.1 Å². The van der Waals surface area contributed by atoms with Gasteiger partial charge in [-0.05, 0) is 94.3 Å². The van der Waals surface area contributed by atoms with Crippen LogP contribution in [0.25, 0.3) is 6.08 Å². The number of esters is 1. The monoisotopic (exact) mass is 614 g/mol. The molecule has 38 heavy (non-hydrogen) atoms. The maximum atomic E-state index is 13.0. The predicted molar refractivity (Wildman–Crippen MR) is 154 cm³/mol. The summed E-state index contributed by atoms with van der Waals surface area (Å²) in [7, 11) is 3.22. The van der Waals surface area contributed by atoms with Crippen molar-refractivity contribution in [3.8, 4) is 11.5 Å². The first-order valence-electron chi connectivity index (χ1n) is 11.6. The van der Waals surface area contributed by atoms with Gasteiger partial charge in [0.2, 0.25) is 0 Å². The van der Waals surface area contributed by atoms with Crippen molar-refractivity contribution >= 4 is 68.1 Å². The molecule has 4 rings (SSSR count). The van der Waals surface area contributed by atoms with Crippen LogP contribution in [0.5, 0.6) is 11.5 Å². The maximum absolute atomic E-state index is 13.0. The summed E-state index contributed by atoms with van der Waals surface area (Å²) in [4.78, 5) is 31.6. The molecule has 0 N–H and O–H groups in total. The lowest BCUT2D eigenvalue weighted by Gasteiger charge is -2.14. The second-order valence-electron chi connectivity index (χ2n) is 8.09.